The van der Waals surface area contributed by atoms with Crippen LogP contribution in [0.15, 0.2) is 36.4 Å². The summed E-state index contributed by atoms with van der Waals surface area (Å²) in [4.78, 5) is 26.5. The van der Waals surface area contributed by atoms with E-state index in [1.54, 1.807) is 4.90 Å². The molecule has 2 aromatic rings. The van der Waals surface area contributed by atoms with Gasteiger partial charge in [0, 0.05) is 11.7 Å². The lowest BCUT2D eigenvalue weighted by molar-refractivity contribution is -0.122. The van der Waals surface area contributed by atoms with Crippen LogP contribution in [0.5, 0.6) is 5.75 Å². The zero-order valence-electron chi connectivity index (χ0n) is 14.3. The van der Waals surface area contributed by atoms with Crippen molar-refractivity contribution in [2.75, 3.05) is 18.6 Å². The summed E-state index contributed by atoms with van der Waals surface area (Å²) in [6.45, 7) is 1.60. The van der Waals surface area contributed by atoms with Crippen LogP contribution in [0.4, 0.5) is 5.69 Å². The molecule has 1 atom stereocenters. The summed E-state index contributed by atoms with van der Waals surface area (Å²) < 4.78 is 10.2. The summed E-state index contributed by atoms with van der Waals surface area (Å²) in [5.74, 6) is -0.671. The standard InChI is InChI=1S/C19H17Cl2NO4/c1-11-7-12-5-3-4-6-16(12)22(11)17(23)10-26-19(24)13-8-14(20)18(25-2)15(21)9-13/h3-6,8-9,11H,7,10H2,1-2H3/t11-/m1/s1. The molecule has 0 fully saturated rings. The topological polar surface area (TPSA) is 55.8 Å². The van der Waals surface area contributed by atoms with Gasteiger partial charge in [-0.2, -0.15) is 0 Å². The Balaban J connectivity index is 1.69. The largest absolute Gasteiger partial charge is 0.494 e. The number of carbonyl (C=O) groups is 2. The number of ether oxygens (including phenoxy) is 2. The van der Waals surface area contributed by atoms with E-state index in [0.29, 0.717) is 0 Å². The van der Waals surface area contributed by atoms with Crippen LogP contribution in [0.25, 0.3) is 0 Å². The van der Waals surface area contributed by atoms with Crippen molar-refractivity contribution in [2.24, 2.45) is 0 Å². The summed E-state index contributed by atoms with van der Waals surface area (Å²) in [5.41, 5.74) is 2.12. The van der Waals surface area contributed by atoms with E-state index in [0.717, 1.165) is 17.7 Å². The highest BCUT2D eigenvalue weighted by Crippen LogP contribution is 2.34. The number of esters is 1. The van der Waals surface area contributed by atoms with Crippen LogP contribution in [0.1, 0.15) is 22.8 Å². The Kier molecular flexibility index (Phi) is 5.39. The van der Waals surface area contributed by atoms with Gasteiger partial charge in [-0.25, -0.2) is 4.79 Å². The molecule has 1 heterocycles. The molecule has 0 saturated carbocycles. The zero-order chi connectivity index (χ0) is 18.8. The van der Waals surface area contributed by atoms with Gasteiger partial charge in [-0.1, -0.05) is 41.4 Å². The first-order valence-electron chi connectivity index (χ1n) is 8.02. The second-order valence-corrected chi connectivity index (χ2v) is 6.81. The van der Waals surface area contributed by atoms with Crippen LogP contribution in [0, 0.1) is 0 Å². The molecule has 0 bridgehead atoms. The third-order valence-electron chi connectivity index (χ3n) is 4.24. The first-order chi connectivity index (χ1) is 12.4. The van der Waals surface area contributed by atoms with E-state index in [9.17, 15) is 9.59 Å². The highest BCUT2D eigenvalue weighted by atomic mass is 35.5. The predicted molar refractivity (Wildman–Crippen MR) is 100 cm³/mol. The van der Waals surface area contributed by atoms with Crippen molar-refractivity contribution in [3.63, 3.8) is 0 Å². The molecule has 0 saturated heterocycles. The number of benzene rings is 2. The Labute approximate surface area is 161 Å². The highest BCUT2D eigenvalue weighted by molar-refractivity contribution is 6.37. The minimum atomic E-state index is -0.676. The van der Waals surface area contributed by atoms with Crippen LogP contribution in [0.2, 0.25) is 10.0 Å². The monoisotopic (exact) mass is 393 g/mol. The second-order valence-electron chi connectivity index (χ2n) is 5.99. The van der Waals surface area contributed by atoms with Crippen LogP contribution in [0.3, 0.4) is 0 Å². The molecule has 1 aliphatic rings. The Morgan fingerprint density at radius 2 is 1.85 bits per heavy atom. The molecule has 3 rings (SSSR count). The van der Waals surface area contributed by atoms with E-state index >= 15 is 0 Å². The van der Waals surface area contributed by atoms with E-state index < -0.39 is 5.97 Å². The number of nitrogens with zero attached hydrogens (tertiary/aromatic N) is 1. The van der Waals surface area contributed by atoms with Gasteiger partial charge in [0.1, 0.15) is 0 Å². The van der Waals surface area contributed by atoms with E-state index in [-0.39, 0.29) is 39.9 Å². The number of anilines is 1. The van der Waals surface area contributed by atoms with Crippen molar-refractivity contribution in [2.45, 2.75) is 19.4 Å². The molecule has 5 nitrogen and oxygen atoms in total. The number of amides is 1. The fourth-order valence-electron chi connectivity index (χ4n) is 3.10. The molecular weight excluding hydrogens is 377 g/mol. The van der Waals surface area contributed by atoms with E-state index in [2.05, 4.69) is 0 Å². The van der Waals surface area contributed by atoms with Crippen molar-refractivity contribution in [1.82, 2.24) is 0 Å². The van der Waals surface area contributed by atoms with Crippen molar-refractivity contribution in [3.8, 4) is 5.75 Å². The van der Waals surface area contributed by atoms with Crippen LogP contribution in [-0.4, -0.2) is 31.6 Å². The highest BCUT2D eigenvalue weighted by Gasteiger charge is 2.31. The number of hydrogen-bond acceptors (Lipinski definition) is 4. The Morgan fingerprint density at radius 1 is 1.19 bits per heavy atom. The van der Waals surface area contributed by atoms with Crippen LogP contribution < -0.4 is 9.64 Å². The molecular formula is C19H17Cl2NO4. The lowest BCUT2D eigenvalue weighted by atomic mass is 10.1. The molecule has 0 unspecified atom stereocenters. The van der Waals surface area contributed by atoms with Crippen molar-refractivity contribution >= 4 is 40.8 Å². The van der Waals surface area contributed by atoms with Gasteiger partial charge in [-0.3, -0.25) is 4.79 Å². The summed E-state index contributed by atoms with van der Waals surface area (Å²) in [6, 6.07) is 10.5. The molecule has 7 heteroatoms. The molecule has 1 aliphatic heterocycles. The summed E-state index contributed by atoms with van der Waals surface area (Å²) in [5, 5.41) is 0.390. The normalized spacial score (nSPS) is 15.5. The molecule has 0 aliphatic carbocycles. The average Bonchev–Trinajstić information content (AvgIpc) is 2.94. The van der Waals surface area contributed by atoms with Gasteiger partial charge >= 0.3 is 5.97 Å². The molecule has 0 N–H and O–H groups in total. The summed E-state index contributed by atoms with van der Waals surface area (Å²) in [7, 11) is 1.43. The number of rotatable bonds is 4. The lowest BCUT2D eigenvalue weighted by Crippen LogP contribution is -2.38. The zero-order valence-corrected chi connectivity index (χ0v) is 15.8. The average molecular weight is 394 g/mol. The third-order valence-corrected chi connectivity index (χ3v) is 4.80. The maximum Gasteiger partial charge on any atom is 0.338 e. The first-order valence-corrected chi connectivity index (χ1v) is 8.78. The van der Waals surface area contributed by atoms with E-state index in [4.69, 9.17) is 32.7 Å². The lowest BCUT2D eigenvalue weighted by Gasteiger charge is -2.22. The van der Waals surface area contributed by atoms with Crippen LogP contribution in [-0.2, 0) is 16.0 Å². The Hall–Kier alpha value is -2.24. The van der Waals surface area contributed by atoms with E-state index in [1.807, 2.05) is 31.2 Å². The molecule has 26 heavy (non-hydrogen) atoms. The molecule has 1 amide bonds. The van der Waals surface area contributed by atoms with Gasteiger partial charge < -0.3 is 14.4 Å². The van der Waals surface area contributed by atoms with Crippen molar-refractivity contribution < 1.29 is 19.1 Å². The SMILES string of the molecule is COc1c(Cl)cc(C(=O)OCC(=O)N2c3ccccc3C[C@H]2C)cc1Cl. The van der Waals surface area contributed by atoms with Gasteiger partial charge in [0.25, 0.3) is 5.91 Å². The maximum atomic E-state index is 12.6. The number of carbonyl (C=O) groups excluding carboxylic acids is 2. The smallest absolute Gasteiger partial charge is 0.338 e. The maximum absolute atomic E-state index is 12.6. The van der Waals surface area contributed by atoms with Gasteiger partial charge in [0.05, 0.1) is 22.7 Å². The summed E-state index contributed by atoms with van der Waals surface area (Å²) in [6.07, 6.45) is 0.777. The molecule has 0 spiro atoms. The van der Waals surface area contributed by atoms with Gasteiger partial charge in [-0.15, -0.1) is 0 Å². The van der Waals surface area contributed by atoms with E-state index in [1.165, 1.54) is 19.2 Å². The van der Waals surface area contributed by atoms with Crippen LogP contribution >= 0.6 is 23.2 Å². The number of halogens is 2. The van der Waals surface area contributed by atoms with Gasteiger partial charge in [-0.05, 0) is 37.1 Å². The third kappa shape index (κ3) is 3.50. The number of hydrogen-bond donors (Lipinski definition) is 0. The molecule has 136 valence electrons. The minimum absolute atomic E-state index is 0.0171. The molecule has 0 radical (unpaired) electrons. The predicted octanol–water partition coefficient (Wildman–Crippen LogP) is 4.14. The van der Waals surface area contributed by atoms with Crippen molar-refractivity contribution in [1.29, 1.82) is 0 Å². The minimum Gasteiger partial charge on any atom is -0.494 e. The Bertz CT molecular complexity index is 845. The number of fused-ring (bicyclic) bond motifs is 1. The fraction of sp³-hybridized carbons (Fsp3) is 0.263. The quantitative estimate of drug-likeness (QED) is 0.732. The number of para-hydroxylation sites is 1. The van der Waals surface area contributed by atoms with Gasteiger partial charge in [0.2, 0.25) is 0 Å². The van der Waals surface area contributed by atoms with Crippen molar-refractivity contribution in [3.05, 3.63) is 57.6 Å². The number of methoxy groups -OCH3 is 1. The molecule has 2 aromatic carbocycles. The second kappa shape index (κ2) is 7.56. The fourth-order valence-corrected chi connectivity index (χ4v) is 3.74. The first kappa shape index (κ1) is 18.5. The van der Waals surface area contributed by atoms with Gasteiger partial charge in [0.15, 0.2) is 12.4 Å². The summed E-state index contributed by atoms with van der Waals surface area (Å²) >= 11 is 12.1. The Morgan fingerprint density at radius 3 is 2.50 bits per heavy atom. The molecule has 0 aromatic heterocycles.